The molecule has 0 spiro atoms. The van der Waals surface area contributed by atoms with Crippen LogP contribution < -0.4 is 0 Å². The molecular weight excluding hydrogens is 340 g/mol. The van der Waals surface area contributed by atoms with E-state index in [1.54, 1.807) is 4.90 Å². The molecule has 0 saturated carbocycles. The molecule has 1 aromatic carbocycles. The molecule has 1 fully saturated rings. The summed E-state index contributed by atoms with van der Waals surface area (Å²) in [4.78, 5) is 16.1. The number of methoxy groups -OCH3 is 1. The van der Waals surface area contributed by atoms with Crippen molar-refractivity contribution in [3.63, 3.8) is 0 Å². The number of rotatable bonds is 4. The molecule has 5 heteroatoms. The standard InChI is InChI=1S/C22H32N2O3/c1-27-22(26)24-14-8-11-19(17-24)15-20-21(25)12-6-3-7-13-23(20)16-18-9-4-2-5-10-18/h2,4-5,9-11,20-21,25H,3,6-8,12-17H2,1H3/t20-,21+/m1/s1. The van der Waals surface area contributed by atoms with Gasteiger partial charge in [0.15, 0.2) is 0 Å². The second-order valence-corrected chi connectivity index (χ2v) is 7.69. The van der Waals surface area contributed by atoms with E-state index in [9.17, 15) is 9.90 Å². The minimum absolute atomic E-state index is 0.0920. The summed E-state index contributed by atoms with van der Waals surface area (Å²) in [6, 6.07) is 10.6. The minimum atomic E-state index is -0.330. The predicted molar refractivity (Wildman–Crippen MR) is 106 cm³/mol. The lowest BCUT2D eigenvalue weighted by atomic mass is 9.91. The molecule has 148 valence electrons. The fraction of sp³-hybridized carbons (Fsp3) is 0.591. The van der Waals surface area contributed by atoms with Crippen molar-refractivity contribution in [1.29, 1.82) is 0 Å². The van der Waals surface area contributed by atoms with Gasteiger partial charge in [0.05, 0.1) is 13.2 Å². The average molecular weight is 373 g/mol. The van der Waals surface area contributed by atoms with Crippen molar-refractivity contribution in [2.45, 2.75) is 57.2 Å². The number of aliphatic hydroxyl groups excluding tert-OH is 1. The topological polar surface area (TPSA) is 53.0 Å². The van der Waals surface area contributed by atoms with Crippen molar-refractivity contribution < 1.29 is 14.6 Å². The highest BCUT2D eigenvalue weighted by Gasteiger charge is 2.30. The number of hydrogen-bond acceptors (Lipinski definition) is 4. The molecule has 2 heterocycles. The van der Waals surface area contributed by atoms with Crippen LogP contribution in [0, 0.1) is 0 Å². The summed E-state index contributed by atoms with van der Waals surface area (Å²) in [5.74, 6) is 0. The Bertz CT molecular complexity index is 632. The molecule has 0 bridgehead atoms. The van der Waals surface area contributed by atoms with E-state index in [0.29, 0.717) is 13.1 Å². The van der Waals surface area contributed by atoms with Crippen LogP contribution in [-0.2, 0) is 11.3 Å². The van der Waals surface area contributed by atoms with Crippen LogP contribution in [-0.4, -0.2) is 59.9 Å². The van der Waals surface area contributed by atoms with Gasteiger partial charge in [0, 0.05) is 25.7 Å². The molecule has 1 saturated heterocycles. The van der Waals surface area contributed by atoms with Gasteiger partial charge in [0.2, 0.25) is 0 Å². The molecule has 2 aliphatic rings. The van der Waals surface area contributed by atoms with E-state index >= 15 is 0 Å². The van der Waals surface area contributed by atoms with Crippen LogP contribution in [0.15, 0.2) is 42.0 Å². The summed E-state index contributed by atoms with van der Waals surface area (Å²) in [7, 11) is 1.43. The third-order valence-corrected chi connectivity index (χ3v) is 5.72. The fourth-order valence-electron chi connectivity index (χ4n) is 4.24. The highest BCUT2D eigenvalue weighted by atomic mass is 16.5. The predicted octanol–water partition coefficient (Wildman–Crippen LogP) is 3.58. The first-order chi connectivity index (χ1) is 13.2. The van der Waals surface area contributed by atoms with Gasteiger partial charge < -0.3 is 14.7 Å². The zero-order valence-electron chi connectivity index (χ0n) is 16.3. The van der Waals surface area contributed by atoms with E-state index in [-0.39, 0.29) is 18.2 Å². The molecule has 1 aromatic rings. The lowest BCUT2D eigenvalue weighted by molar-refractivity contribution is 0.0268. The molecule has 0 radical (unpaired) electrons. The third-order valence-electron chi connectivity index (χ3n) is 5.72. The molecule has 0 unspecified atom stereocenters. The summed E-state index contributed by atoms with van der Waals surface area (Å²) in [6.07, 6.45) is 7.59. The first-order valence-electron chi connectivity index (χ1n) is 10.1. The highest BCUT2D eigenvalue weighted by Crippen LogP contribution is 2.26. The number of hydrogen-bond donors (Lipinski definition) is 1. The zero-order valence-corrected chi connectivity index (χ0v) is 16.3. The van der Waals surface area contributed by atoms with Crippen LogP contribution in [0.25, 0.3) is 0 Å². The Morgan fingerprint density at radius 1 is 1.19 bits per heavy atom. The Morgan fingerprint density at radius 2 is 2.00 bits per heavy atom. The maximum atomic E-state index is 11.9. The molecule has 3 rings (SSSR count). The molecule has 0 aromatic heterocycles. The molecule has 1 N–H and O–H groups in total. The van der Waals surface area contributed by atoms with Gasteiger partial charge in [-0.25, -0.2) is 4.79 Å². The van der Waals surface area contributed by atoms with Crippen LogP contribution in [0.5, 0.6) is 0 Å². The first-order valence-corrected chi connectivity index (χ1v) is 10.1. The van der Waals surface area contributed by atoms with Crippen molar-refractivity contribution in [2.24, 2.45) is 0 Å². The quantitative estimate of drug-likeness (QED) is 0.821. The van der Waals surface area contributed by atoms with E-state index < -0.39 is 0 Å². The van der Waals surface area contributed by atoms with Crippen LogP contribution >= 0.6 is 0 Å². The van der Waals surface area contributed by atoms with Crippen molar-refractivity contribution in [2.75, 3.05) is 26.7 Å². The largest absolute Gasteiger partial charge is 0.453 e. The summed E-state index contributed by atoms with van der Waals surface area (Å²) < 4.78 is 4.89. The Hall–Kier alpha value is -1.85. The minimum Gasteiger partial charge on any atom is -0.453 e. The molecule has 27 heavy (non-hydrogen) atoms. The number of ether oxygens (including phenoxy) is 1. The van der Waals surface area contributed by atoms with Gasteiger partial charge in [0.1, 0.15) is 0 Å². The maximum absolute atomic E-state index is 11.9. The molecule has 2 atom stereocenters. The molecule has 0 aliphatic carbocycles. The molecule has 2 aliphatic heterocycles. The van der Waals surface area contributed by atoms with Crippen molar-refractivity contribution in [3.05, 3.63) is 47.5 Å². The van der Waals surface area contributed by atoms with Crippen molar-refractivity contribution >= 4 is 6.09 Å². The smallest absolute Gasteiger partial charge is 0.409 e. The normalized spacial score (nSPS) is 24.7. The number of likely N-dealkylation sites (tertiary alicyclic amines) is 1. The third kappa shape index (κ3) is 5.56. The van der Waals surface area contributed by atoms with Gasteiger partial charge >= 0.3 is 6.09 Å². The highest BCUT2D eigenvalue weighted by molar-refractivity contribution is 5.68. The van der Waals surface area contributed by atoms with Gasteiger partial charge in [-0.05, 0) is 37.8 Å². The first kappa shape index (κ1) is 19.9. The summed E-state index contributed by atoms with van der Waals surface area (Å²) >= 11 is 0. The van der Waals surface area contributed by atoms with Crippen LogP contribution in [0.3, 0.4) is 0 Å². The summed E-state index contributed by atoms with van der Waals surface area (Å²) in [6.45, 7) is 3.17. The Morgan fingerprint density at radius 3 is 2.78 bits per heavy atom. The number of aliphatic hydroxyl groups is 1. The molecular formula is C22H32N2O3. The lowest BCUT2D eigenvalue weighted by Crippen LogP contribution is -2.46. The summed E-state index contributed by atoms with van der Waals surface area (Å²) in [5, 5.41) is 10.9. The van der Waals surface area contributed by atoms with E-state index in [1.165, 1.54) is 31.1 Å². The number of amides is 1. The fourth-order valence-corrected chi connectivity index (χ4v) is 4.24. The Balaban J connectivity index is 1.72. The number of benzene rings is 1. The van der Waals surface area contributed by atoms with Crippen molar-refractivity contribution in [1.82, 2.24) is 9.80 Å². The molecule has 5 nitrogen and oxygen atoms in total. The second kappa shape index (κ2) is 9.90. The molecule has 1 amide bonds. The average Bonchev–Trinajstić information content (AvgIpc) is 2.70. The Labute approximate surface area is 162 Å². The van der Waals surface area contributed by atoms with Gasteiger partial charge in [-0.2, -0.15) is 0 Å². The van der Waals surface area contributed by atoms with Gasteiger partial charge in [-0.3, -0.25) is 4.90 Å². The van der Waals surface area contributed by atoms with Gasteiger partial charge in [-0.15, -0.1) is 0 Å². The SMILES string of the molecule is COC(=O)N1CCC=C(C[C@@H]2[C@@H](O)CCCCCN2Cc2ccccc2)C1. The van der Waals surface area contributed by atoms with Crippen LogP contribution in [0.2, 0.25) is 0 Å². The monoisotopic (exact) mass is 372 g/mol. The van der Waals surface area contributed by atoms with Gasteiger partial charge in [-0.1, -0.05) is 54.8 Å². The van der Waals surface area contributed by atoms with E-state index in [0.717, 1.165) is 38.8 Å². The lowest BCUT2D eigenvalue weighted by Gasteiger charge is -2.38. The van der Waals surface area contributed by atoms with E-state index in [1.807, 2.05) is 6.07 Å². The van der Waals surface area contributed by atoms with Crippen LogP contribution in [0.1, 0.15) is 44.1 Å². The number of nitrogens with zero attached hydrogens (tertiary/aromatic N) is 2. The second-order valence-electron chi connectivity index (χ2n) is 7.69. The van der Waals surface area contributed by atoms with E-state index in [4.69, 9.17) is 4.74 Å². The number of carbonyl (C=O) groups is 1. The number of carbonyl (C=O) groups excluding carboxylic acids is 1. The summed E-state index contributed by atoms with van der Waals surface area (Å²) in [5.41, 5.74) is 2.51. The van der Waals surface area contributed by atoms with Gasteiger partial charge in [0.25, 0.3) is 0 Å². The van der Waals surface area contributed by atoms with Crippen LogP contribution in [0.4, 0.5) is 4.79 Å². The zero-order chi connectivity index (χ0) is 19.1. The van der Waals surface area contributed by atoms with Crippen molar-refractivity contribution in [3.8, 4) is 0 Å². The van der Waals surface area contributed by atoms with E-state index in [2.05, 4.69) is 35.2 Å². The Kier molecular flexibility index (Phi) is 7.30. The maximum Gasteiger partial charge on any atom is 0.409 e.